The molecule has 0 fully saturated rings. The molecule has 0 amide bonds. The molecule has 0 aliphatic heterocycles. The Morgan fingerprint density at radius 3 is 2.52 bits per heavy atom. The highest BCUT2D eigenvalue weighted by Crippen LogP contribution is 2.21. The van der Waals surface area contributed by atoms with E-state index in [4.69, 9.17) is 5.26 Å². The van der Waals surface area contributed by atoms with E-state index in [0.717, 1.165) is 10.0 Å². The second kappa shape index (κ2) is 5.84. The van der Waals surface area contributed by atoms with Crippen molar-refractivity contribution in [3.05, 3.63) is 51.6 Å². The summed E-state index contributed by atoms with van der Waals surface area (Å²) in [6.07, 6.45) is 1.54. The van der Waals surface area contributed by atoms with E-state index in [1.807, 2.05) is 13.0 Å². The second-order valence-corrected chi connectivity index (χ2v) is 7.05. The number of rotatable bonds is 3. The van der Waals surface area contributed by atoms with Crippen molar-refractivity contribution in [1.29, 1.82) is 5.26 Å². The van der Waals surface area contributed by atoms with Gasteiger partial charge < -0.3 is 0 Å². The second-order valence-electron chi connectivity index (χ2n) is 4.51. The fourth-order valence-electron chi connectivity index (χ4n) is 1.72. The molecule has 0 atom stereocenters. The van der Waals surface area contributed by atoms with Gasteiger partial charge in [0.1, 0.15) is 5.82 Å². The van der Waals surface area contributed by atoms with Crippen molar-refractivity contribution in [1.82, 2.24) is 4.98 Å². The molecule has 0 radical (unpaired) electrons. The molecule has 1 heterocycles. The quantitative estimate of drug-likeness (QED) is 0.905. The zero-order chi connectivity index (χ0) is 15.6. The minimum atomic E-state index is -3.73. The Kier molecular flexibility index (Phi) is 4.30. The maximum Gasteiger partial charge on any atom is 0.263 e. The summed E-state index contributed by atoms with van der Waals surface area (Å²) in [5, 5.41) is 8.87. The van der Waals surface area contributed by atoms with Crippen LogP contribution in [0.25, 0.3) is 0 Å². The first-order valence-electron chi connectivity index (χ1n) is 5.99. The number of nitrogens with one attached hydrogen (secondary N) is 1. The molecule has 21 heavy (non-hydrogen) atoms. The number of hydrogen-bond donors (Lipinski definition) is 1. The van der Waals surface area contributed by atoms with Crippen LogP contribution in [0.1, 0.15) is 16.7 Å². The Morgan fingerprint density at radius 2 is 1.95 bits per heavy atom. The van der Waals surface area contributed by atoms with Crippen LogP contribution in [0.4, 0.5) is 5.82 Å². The standard InChI is InChI=1S/C14H12BrN3O2S/c1-9-5-12(4-3-11(9)7-16)21(19,20)18-14-6-10(2)13(15)8-17-14/h3-6,8H,1-2H3,(H,17,18). The number of nitrogens with zero attached hydrogens (tertiary/aromatic N) is 2. The average molecular weight is 366 g/mol. The van der Waals surface area contributed by atoms with E-state index >= 15 is 0 Å². The minimum Gasteiger partial charge on any atom is -0.263 e. The number of halogens is 1. The molecule has 1 N–H and O–H groups in total. The lowest BCUT2D eigenvalue weighted by Gasteiger charge is -2.09. The van der Waals surface area contributed by atoms with Gasteiger partial charge in [0.2, 0.25) is 0 Å². The first kappa shape index (κ1) is 15.5. The predicted octanol–water partition coefficient (Wildman–Crippen LogP) is 3.13. The lowest BCUT2D eigenvalue weighted by atomic mass is 10.1. The molecule has 1 aromatic carbocycles. The Hall–Kier alpha value is -1.91. The molecular weight excluding hydrogens is 354 g/mol. The molecule has 108 valence electrons. The monoisotopic (exact) mass is 365 g/mol. The van der Waals surface area contributed by atoms with Crippen molar-refractivity contribution >= 4 is 31.8 Å². The van der Waals surface area contributed by atoms with Gasteiger partial charge in [-0.15, -0.1) is 0 Å². The normalized spacial score (nSPS) is 11.0. The first-order valence-corrected chi connectivity index (χ1v) is 8.27. The molecule has 0 aliphatic carbocycles. The number of pyridine rings is 1. The average Bonchev–Trinajstić information content (AvgIpc) is 2.42. The zero-order valence-corrected chi connectivity index (χ0v) is 13.8. The van der Waals surface area contributed by atoms with Crippen LogP contribution in [0.15, 0.2) is 39.8 Å². The maximum atomic E-state index is 12.3. The fourth-order valence-corrected chi connectivity index (χ4v) is 3.02. The van der Waals surface area contributed by atoms with Crippen LogP contribution < -0.4 is 4.72 Å². The van der Waals surface area contributed by atoms with Crippen molar-refractivity contribution in [3.8, 4) is 6.07 Å². The Morgan fingerprint density at radius 1 is 1.24 bits per heavy atom. The van der Waals surface area contributed by atoms with Gasteiger partial charge in [-0.3, -0.25) is 4.72 Å². The third kappa shape index (κ3) is 3.40. The van der Waals surface area contributed by atoms with E-state index in [2.05, 4.69) is 25.6 Å². The topological polar surface area (TPSA) is 82.9 Å². The molecule has 0 spiro atoms. The molecule has 5 nitrogen and oxygen atoms in total. The van der Waals surface area contributed by atoms with Gasteiger partial charge >= 0.3 is 0 Å². The zero-order valence-electron chi connectivity index (χ0n) is 11.4. The van der Waals surface area contributed by atoms with Crippen LogP contribution in [0.5, 0.6) is 0 Å². The summed E-state index contributed by atoms with van der Waals surface area (Å²) in [6.45, 7) is 3.54. The van der Waals surface area contributed by atoms with Crippen LogP contribution in [-0.4, -0.2) is 13.4 Å². The molecule has 2 rings (SSSR count). The van der Waals surface area contributed by atoms with Gasteiger partial charge in [-0.05, 0) is 65.2 Å². The van der Waals surface area contributed by atoms with Gasteiger partial charge in [0.25, 0.3) is 10.0 Å². The molecule has 2 aromatic rings. The van der Waals surface area contributed by atoms with Crippen LogP contribution >= 0.6 is 15.9 Å². The summed E-state index contributed by atoms with van der Waals surface area (Å²) >= 11 is 3.31. The van der Waals surface area contributed by atoms with Crippen molar-refractivity contribution in [2.75, 3.05) is 4.72 Å². The van der Waals surface area contributed by atoms with E-state index in [9.17, 15) is 8.42 Å². The number of sulfonamides is 1. The van der Waals surface area contributed by atoms with Gasteiger partial charge in [-0.2, -0.15) is 5.26 Å². The summed E-state index contributed by atoms with van der Waals surface area (Å²) in [6, 6.07) is 8.00. The number of anilines is 1. The van der Waals surface area contributed by atoms with E-state index in [1.54, 1.807) is 13.0 Å². The number of benzene rings is 1. The Bertz CT molecular complexity index is 842. The number of aromatic nitrogens is 1. The van der Waals surface area contributed by atoms with Gasteiger partial charge in [-0.25, -0.2) is 13.4 Å². The minimum absolute atomic E-state index is 0.0985. The first-order chi connectivity index (χ1) is 9.83. The molecule has 0 unspecified atom stereocenters. The van der Waals surface area contributed by atoms with Gasteiger partial charge in [0.05, 0.1) is 16.5 Å². The summed E-state index contributed by atoms with van der Waals surface area (Å²) in [7, 11) is -3.73. The van der Waals surface area contributed by atoms with Crippen LogP contribution in [-0.2, 0) is 10.0 Å². The molecule has 0 saturated carbocycles. The smallest absolute Gasteiger partial charge is 0.263 e. The fraction of sp³-hybridized carbons (Fsp3) is 0.143. The Labute approximate surface area is 131 Å². The summed E-state index contributed by atoms with van der Waals surface area (Å²) in [4.78, 5) is 4.11. The largest absolute Gasteiger partial charge is 0.263 e. The number of aryl methyl sites for hydroxylation is 2. The molecule has 1 aromatic heterocycles. The maximum absolute atomic E-state index is 12.3. The van der Waals surface area contributed by atoms with E-state index in [0.29, 0.717) is 11.1 Å². The summed E-state index contributed by atoms with van der Waals surface area (Å²) < 4.78 is 27.8. The molecular formula is C14H12BrN3O2S. The Balaban J connectivity index is 2.36. The van der Waals surface area contributed by atoms with Crippen molar-refractivity contribution in [2.45, 2.75) is 18.7 Å². The molecule has 0 saturated heterocycles. The highest BCUT2D eigenvalue weighted by Gasteiger charge is 2.16. The predicted molar refractivity (Wildman–Crippen MR) is 83.4 cm³/mol. The highest BCUT2D eigenvalue weighted by molar-refractivity contribution is 9.10. The molecule has 0 bridgehead atoms. The van der Waals surface area contributed by atoms with Crippen molar-refractivity contribution in [2.24, 2.45) is 0 Å². The lowest BCUT2D eigenvalue weighted by Crippen LogP contribution is -2.14. The number of hydrogen-bond acceptors (Lipinski definition) is 4. The third-order valence-corrected chi connectivity index (χ3v) is 5.10. The van der Waals surface area contributed by atoms with Crippen molar-refractivity contribution in [3.63, 3.8) is 0 Å². The van der Waals surface area contributed by atoms with Crippen LogP contribution in [0, 0.1) is 25.2 Å². The summed E-state index contributed by atoms with van der Waals surface area (Å²) in [5.41, 5.74) is 1.94. The lowest BCUT2D eigenvalue weighted by molar-refractivity contribution is 0.601. The molecule has 7 heteroatoms. The van der Waals surface area contributed by atoms with E-state index in [-0.39, 0.29) is 10.7 Å². The van der Waals surface area contributed by atoms with Crippen LogP contribution in [0.2, 0.25) is 0 Å². The van der Waals surface area contributed by atoms with E-state index in [1.165, 1.54) is 24.4 Å². The van der Waals surface area contributed by atoms with E-state index < -0.39 is 10.0 Å². The van der Waals surface area contributed by atoms with Gasteiger partial charge in [-0.1, -0.05) is 0 Å². The van der Waals surface area contributed by atoms with Gasteiger partial charge in [0, 0.05) is 10.7 Å². The van der Waals surface area contributed by atoms with Crippen LogP contribution in [0.3, 0.4) is 0 Å². The summed E-state index contributed by atoms with van der Waals surface area (Å²) in [5.74, 6) is 0.248. The number of nitriles is 1. The highest BCUT2D eigenvalue weighted by atomic mass is 79.9. The molecule has 0 aliphatic rings. The SMILES string of the molecule is Cc1cc(NS(=O)(=O)c2ccc(C#N)c(C)c2)ncc1Br. The van der Waals surface area contributed by atoms with Gasteiger partial charge in [0.15, 0.2) is 0 Å². The third-order valence-electron chi connectivity index (χ3n) is 2.91. The van der Waals surface area contributed by atoms with Crippen molar-refractivity contribution < 1.29 is 8.42 Å².